The lowest BCUT2D eigenvalue weighted by Gasteiger charge is -2.38. The van der Waals surface area contributed by atoms with E-state index in [4.69, 9.17) is 10.5 Å². The second kappa shape index (κ2) is 7.04. The summed E-state index contributed by atoms with van der Waals surface area (Å²) in [6, 6.07) is 4.33. The van der Waals surface area contributed by atoms with Gasteiger partial charge in [0.2, 0.25) is 0 Å². The molecule has 1 saturated carbocycles. The quantitative estimate of drug-likeness (QED) is 0.804. The first-order valence-electron chi connectivity index (χ1n) is 7.78. The standard InChI is InChI=1S/C16H27N3O/c1-3-18-14(12-13-8-7-11-19-15(13)17)16(20-4-2)9-5-6-10-16/h7-8,11,14,18H,3-6,9-10,12H2,1-2H3,(H2,17,19). The highest BCUT2D eigenvalue weighted by Gasteiger charge is 2.41. The molecular weight excluding hydrogens is 250 g/mol. The third-order valence-electron chi connectivity index (χ3n) is 4.32. The fourth-order valence-corrected chi connectivity index (χ4v) is 3.39. The maximum Gasteiger partial charge on any atom is 0.126 e. The number of nitrogens with zero attached hydrogens (tertiary/aromatic N) is 1. The van der Waals surface area contributed by atoms with Crippen molar-refractivity contribution >= 4 is 5.82 Å². The Balaban J connectivity index is 2.19. The lowest BCUT2D eigenvalue weighted by Crippen LogP contribution is -2.52. The van der Waals surface area contributed by atoms with Crippen molar-refractivity contribution < 1.29 is 4.74 Å². The van der Waals surface area contributed by atoms with Crippen LogP contribution in [-0.2, 0) is 11.2 Å². The van der Waals surface area contributed by atoms with E-state index in [1.165, 1.54) is 12.8 Å². The first kappa shape index (κ1) is 15.3. The smallest absolute Gasteiger partial charge is 0.126 e. The van der Waals surface area contributed by atoms with E-state index in [-0.39, 0.29) is 5.60 Å². The van der Waals surface area contributed by atoms with Gasteiger partial charge >= 0.3 is 0 Å². The zero-order valence-electron chi connectivity index (χ0n) is 12.7. The zero-order valence-corrected chi connectivity index (χ0v) is 12.7. The van der Waals surface area contributed by atoms with Gasteiger partial charge in [0.25, 0.3) is 0 Å². The van der Waals surface area contributed by atoms with Crippen LogP contribution in [0.3, 0.4) is 0 Å². The van der Waals surface area contributed by atoms with E-state index in [2.05, 4.69) is 30.2 Å². The molecule has 3 N–H and O–H groups in total. The molecule has 0 radical (unpaired) electrons. The van der Waals surface area contributed by atoms with Crippen molar-refractivity contribution in [2.45, 2.75) is 57.6 Å². The number of nitrogens with one attached hydrogen (secondary N) is 1. The molecule has 0 saturated heterocycles. The van der Waals surface area contributed by atoms with Crippen LogP contribution in [0.15, 0.2) is 18.3 Å². The molecule has 112 valence electrons. The molecule has 2 rings (SSSR count). The summed E-state index contributed by atoms with van der Waals surface area (Å²) in [5, 5.41) is 3.62. The van der Waals surface area contributed by atoms with Gasteiger partial charge in [-0.1, -0.05) is 25.8 Å². The van der Waals surface area contributed by atoms with Crippen molar-refractivity contribution in [3.05, 3.63) is 23.9 Å². The van der Waals surface area contributed by atoms with E-state index in [0.29, 0.717) is 11.9 Å². The third-order valence-corrected chi connectivity index (χ3v) is 4.32. The molecule has 0 amide bonds. The summed E-state index contributed by atoms with van der Waals surface area (Å²) in [5.74, 6) is 0.639. The average molecular weight is 277 g/mol. The number of hydrogen-bond acceptors (Lipinski definition) is 4. The molecule has 1 heterocycles. The van der Waals surface area contributed by atoms with Gasteiger partial charge in [0.15, 0.2) is 0 Å². The minimum Gasteiger partial charge on any atom is -0.383 e. The van der Waals surface area contributed by atoms with Crippen LogP contribution < -0.4 is 11.1 Å². The van der Waals surface area contributed by atoms with Crippen LogP contribution in [0, 0.1) is 0 Å². The molecule has 1 fully saturated rings. The SMILES string of the molecule is CCNC(Cc1cccnc1N)C1(OCC)CCCC1. The van der Waals surface area contributed by atoms with Crippen LogP contribution in [0.25, 0.3) is 0 Å². The van der Waals surface area contributed by atoms with Crippen molar-refractivity contribution in [3.8, 4) is 0 Å². The Labute approximate surface area is 122 Å². The molecule has 1 aromatic rings. The van der Waals surface area contributed by atoms with Crippen molar-refractivity contribution in [1.82, 2.24) is 10.3 Å². The number of anilines is 1. The molecule has 0 spiro atoms. The summed E-state index contributed by atoms with van der Waals surface area (Å²) in [6.07, 6.45) is 7.41. The average Bonchev–Trinajstić information content (AvgIpc) is 2.91. The summed E-state index contributed by atoms with van der Waals surface area (Å²) in [4.78, 5) is 4.20. The van der Waals surface area contributed by atoms with Crippen molar-refractivity contribution in [2.24, 2.45) is 0 Å². The molecule has 0 aliphatic heterocycles. The Morgan fingerprint density at radius 2 is 2.15 bits per heavy atom. The van der Waals surface area contributed by atoms with Crippen LogP contribution in [0.1, 0.15) is 45.1 Å². The van der Waals surface area contributed by atoms with Crippen LogP contribution in [0.5, 0.6) is 0 Å². The summed E-state index contributed by atoms with van der Waals surface area (Å²) < 4.78 is 6.19. The number of nitrogens with two attached hydrogens (primary N) is 1. The maximum absolute atomic E-state index is 6.19. The van der Waals surface area contributed by atoms with Crippen LogP contribution in [0.2, 0.25) is 0 Å². The molecule has 4 heteroatoms. The summed E-state index contributed by atoms with van der Waals surface area (Å²) in [6.45, 7) is 5.94. The number of aromatic nitrogens is 1. The van der Waals surface area contributed by atoms with Gasteiger partial charge in [0.05, 0.1) is 5.60 Å². The molecule has 1 unspecified atom stereocenters. The monoisotopic (exact) mass is 277 g/mol. The van der Waals surface area contributed by atoms with Gasteiger partial charge in [-0.25, -0.2) is 4.98 Å². The minimum absolute atomic E-state index is 0.0347. The number of hydrogen-bond donors (Lipinski definition) is 2. The molecular formula is C16H27N3O. The summed E-state index contributed by atoms with van der Waals surface area (Å²) in [7, 11) is 0. The topological polar surface area (TPSA) is 60.2 Å². The molecule has 1 aliphatic rings. The maximum atomic E-state index is 6.19. The van der Waals surface area contributed by atoms with Crippen LogP contribution >= 0.6 is 0 Å². The Morgan fingerprint density at radius 3 is 2.75 bits per heavy atom. The lowest BCUT2D eigenvalue weighted by atomic mass is 9.87. The van der Waals surface area contributed by atoms with Crippen LogP contribution in [0.4, 0.5) is 5.82 Å². The van der Waals surface area contributed by atoms with Gasteiger partial charge in [-0.3, -0.25) is 0 Å². The highest BCUT2D eigenvalue weighted by atomic mass is 16.5. The normalized spacial score (nSPS) is 19.1. The fourth-order valence-electron chi connectivity index (χ4n) is 3.39. The first-order chi connectivity index (χ1) is 9.72. The summed E-state index contributed by atoms with van der Waals surface area (Å²) >= 11 is 0. The second-order valence-electron chi connectivity index (χ2n) is 5.57. The molecule has 4 nitrogen and oxygen atoms in total. The Bertz CT molecular complexity index is 416. The zero-order chi connectivity index (χ0) is 14.4. The molecule has 1 atom stereocenters. The van der Waals surface area contributed by atoms with E-state index in [0.717, 1.165) is 38.0 Å². The van der Waals surface area contributed by atoms with E-state index in [1.807, 2.05) is 6.07 Å². The van der Waals surface area contributed by atoms with Gasteiger partial charge in [-0.05, 0) is 44.4 Å². The number of pyridine rings is 1. The van der Waals surface area contributed by atoms with Crippen molar-refractivity contribution in [1.29, 1.82) is 0 Å². The van der Waals surface area contributed by atoms with Gasteiger partial charge in [0.1, 0.15) is 5.82 Å². The Hall–Kier alpha value is -1.13. The molecule has 20 heavy (non-hydrogen) atoms. The minimum atomic E-state index is -0.0347. The third kappa shape index (κ3) is 3.30. The molecule has 1 aliphatic carbocycles. The first-order valence-corrected chi connectivity index (χ1v) is 7.78. The predicted octanol–water partition coefficient (Wildman–Crippen LogP) is 2.53. The predicted molar refractivity (Wildman–Crippen MR) is 82.6 cm³/mol. The molecule has 0 aromatic carbocycles. The van der Waals surface area contributed by atoms with Crippen molar-refractivity contribution in [2.75, 3.05) is 18.9 Å². The second-order valence-corrected chi connectivity index (χ2v) is 5.57. The number of rotatable bonds is 7. The van der Waals surface area contributed by atoms with E-state index >= 15 is 0 Å². The molecule has 1 aromatic heterocycles. The Morgan fingerprint density at radius 1 is 1.40 bits per heavy atom. The van der Waals surface area contributed by atoms with E-state index < -0.39 is 0 Å². The van der Waals surface area contributed by atoms with E-state index in [1.54, 1.807) is 6.20 Å². The van der Waals surface area contributed by atoms with Gasteiger partial charge in [0, 0.05) is 18.8 Å². The fraction of sp³-hybridized carbons (Fsp3) is 0.688. The number of likely N-dealkylation sites (N-methyl/N-ethyl adjacent to an activating group) is 1. The molecule has 0 bridgehead atoms. The van der Waals surface area contributed by atoms with E-state index in [9.17, 15) is 0 Å². The van der Waals surface area contributed by atoms with Crippen molar-refractivity contribution in [3.63, 3.8) is 0 Å². The number of ether oxygens (including phenoxy) is 1. The largest absolute Gasteiger partial charge is 0.383 e. The van der Waals surface area contributed by atoms with Crippen LogP contribution in [-0.4, -0.2) is 29.8 Å². The highest BCUT2D eigenvalue weighted by molar-refractivity contribution is 5.39. The van der Waals surface area contributed by atoms with Gasteiger partial charge in [-0.15, -0.1) is 0 Å². The van der Waals surface area contributed by atoms with Gasteiger partial charge in [-0.2, -0.15) is 0 Å². The summed E-state index contributed by atoms with van der Waals surface area (Å²) in [5.41, 5.74) is 7.08. The highest BCUT2D eigenvalue weighted by Crippen LogP contribution is 2.37. The number of nitrogen functional groups attached to an aromatic ring is 1. The Kier molecular flexibility index (Phi) is 5.38. The lowest BCUT2D eigenvalue weighted by molar-refractivity contribution is -0.0609. The van der Waals surface area contributed by atoms with Gasteiger partial charge < -0.3 is 15.8 Å².